The van der Waals surface area contributed by atoms with Crippen LogP contribution in [0.4, 0.5) is 5.82 Å². The Labute approximate surface area is 85.4 Å². The Morgan fingerprint density at radius 3 is 2.64 bits per heavy atom. The average Bonchev–Trinajstić information content (AvgIpc) is 2.14. The number of aryl methyl sites for hydroxylation is 1. The van der Waals surface area contributed by atoms with Crippen LogP contribution >= 0.6 is 0 Å². The summed E-state index contributed by atoms with van der Waals surface area (Å²) in [4.78, 5) is 10.7. The molecule has 0 aromatic carbocycles. The first-order valence-corrected chi connectivity index (χ1v) is 4.80. The molecule has 0 bridgehead atoms. The van der Waals surface area contributed by atoms with Gasteiger partial charge in [-0.25, -0.2) is 9.97 Å². The molecule has 0 fully saturated rings. The zero-order valence-electron chi connectivity index (χ0n) is 9.33. The van der Waals surface area contributed by atoms with Crippen LogP contribution in [0.2, 0.25) is 0 Å². The first kappa shape index (κ1) is 10.9. The monoisotopic (exact) mass is 194 g/mol. The fourth-order valence-corrected chi connectivity index (χ4v) is 1.22. The largest absolute Gasteiger partial charge is 0.363 e. The van der Waals surface area contributed by atoms with E-state index in [2.05, 4.69) is 15.3 Å². The van der Waals surface area contributed by atoms with Crippen molar-refractivity contribution in [3.63, 3.8) is 0 Å². The smallest absolute Gasteiger partial charge is 0.131 e. The second kappa shape index (κ2) is 4.91. The lowest BCUT2D eigenvalue weighted by Gasteiger charge is -2.12. The minimum atomic E-state index is 0.835. The molecule has 0 unspecified atom stereocenters. The molecule has 4 nitrogen and oxygen atoms in total. The van der Waals surface area contributed by atoms with E-state index in [1.54, 1.807) is 0 Å². The Balaban J connectivity index is 2.84. The van der Waals surface area contributed by atoms with Gasteiger partial charge in [0.05, 0.1) is 0 Å². The molecule has 1 rings (SSSR count). The van der Waals surface area contributed by atoms with Gasteiger partial charge in [-0.3, -0.25) is 0 Å². The summed E-state index contributed by atoms with van der Waals surface area (Å²) in [5, 5.41) is 3.11. The summed E-state index contributed by atoms with van der Waals surface area (Å²) >= 11 is 0. The van der Waals surface area contributed by atoms with Gasteiger partial charge >= 0.3 is 0 Å². The zero-order valence-corrected chi connectivity index (χ0v) is 9.33. The maximum absolute atomic E-state index is 4.38. The lowest BCUT2D eigenvalue weighted by atomic mass is 10.3. The van der Waals surface area contributed by atoms with Crippen LogP contribution < -0.4 is 10.2 Å². The summed E-state index contributed by atoms with van der Waals surface area (Å²) in [6.45, 7) is 2.87. The highest BCUT2D eigenvalue weighted by atomic mass is 15.1. The third-order valence-corrected chi connectivity index (χ3v) is 1.97. The Morgan fingerprint density at radius 2 is 2.07 bits per heavy atom. The van der Waals surface area contributed by atoms with E-state index >= 15 is 0 Å². The van der Waals surface area contributed by atoms with Crippen molar-refractivity contribution in [1.82, 2.24) is 15.3 Å². The minimum Gasteiger partial charge on any atom is -0.363 e. The van der Waals surface area contributed by atoms with Crippen LogP contribution in [0.3, 0.4) is 0 Å². The molecule has 0 aliphatic rings. The highest BCUT2D eigenvalue weighted by molar-refractivity contribution is 5.37. The van der Waals surface area contributed by atoms with Crippen molar-refractivity contribution >= 4 is 5.82 Å². The number of hydrogen-bond acceptors (Lipinski definition) is 4. The number of nitrogens with one attached hydrogen (secondary N) is 1. The van der Waals surface area contributed by atoms with E-state index in [1.165, 1.54) is 0 Å². The predicted molar refractivity (Wildman–Crippen MR) is 58.7 cm³/mol. The van der Waals surface area contributed by atoms with E-state index < -0.39 is 0 Å². The van der Waals surface area contributed by atoms with Crippen molar-refractivity contribution in [3.8, 4) is 0 Å². The molecule has 1 aromatic heterocycles. The zero-order chi connectivity index (χ0) is 10.6. The van der Waals surface area contributed by atoms with Crippen LogP contribution in [-0.4, -0.2) is 37.7 Å². The first-order chi connectivity index (χ1) is 6.63. The van der Waals surface area contributed by atoms with Crippen LogP contribution in [0, 0.1) is 6.92 Å². The molecular formula is C10H18N4. The minimum absolute atomic E-state index is 0.835. The summed E-state index contributed by atoms with van der Waals surface area (Å²) in [6, 6.07) is 2.03. The molecule has 1 N–H and O–H groups in total. The van der Waals surface area contributed by atoms with E-state index in [4.69, 9.17) is 0 Å². The van der Waals surface area contributed by atoms with Crippen molar-refractivity contribution in [2.24, 2.45) is 0 Å². The van der Waals surface area contributed by atoms with Crippen LogP contribution in [0.25, 0.3) is 0 Å². The number of hydrogen-bond donors (Lipinski definition) is 1. The van der Waals surface area contributed by atoms with E-state index in [1.807, 2.05) is 39.0 Å². The molecule has 4 heteroatoms. The average molecular weight is 194 g/mol. The molecule has 0 atom stereocenters. The summed E-state index contributed by atoms with van der Waals surface area (Å²) in [5.74, 6) is 1.81. The standard InChI is InChI=1S/C10H18N4/c1-8-12-9(5-6-11-2)7-10(13-8)14(3)4/h7,11H,5-6H2,1-4H3. The second-order valence-corrected chi connectivity index (χ2v) is 3.51. The number of likely N-dealkylation sites (N-methyl/N-ethyl adjacent to an activating group) is 1. The first-order valence-electron chi connectivity index (χ1n) is 4.80. The maximum atomic E-state index is 4.38. The van der Waals surface area contributed by atoms with Gasteiger partial charge in [-0.2, -0.15) is 0 Å². The van der Waals surface area contributed by atoms with E-state index in [-0.39, 0.29) is 0 Å². The molecule has 0 saturated heterocycles. The van der Waals surface area contributed by atoms with Gasteiger partial charge in [0.15, 0.2) is 0 Å². The van der Waals surface area contributed by atoms with Crippen molar-refractivity contribution in [1.29, 1.82) is 0 Å². The van der Waals surface area contributed by atoms with Crippen LogP contribution in [0.1, 0.15) is 11.5 Å². The van der Waals surface area contributed by atoms with Crippen molar-refractivity contribution in [3.05, 3.63) is 17.6 Å². The molecule has 0 aliphatic carbocycles. The van der Waals surface area contributed by atoms with Gasteiger partial charge in [0.1, 0.15) is 11.6 Å². The van der Waals surface area contributed by atoms with Crippen LogP contribution in [0.5, 0.6) is 0 Å². The highest BCUT2D eigenvalue weighted by Gasteiger charge is 2.02. The Hall–Kier alpha value is -1.16. The number of rotatable bonds is 4. The van der Waals surface area contributed by atoms with Gasteiger partial charge in [0.25, 0.3) is 0 Å². The summed E-state index contributed by atoms with van der Waals surface area (Å²) in [7, 11) is 5.92. The molecule has 1 heterocycles. The van der Waals surface area contributed by atoms with Gasteiger partial charge in [-0.05, 0) is 14.0 Å². The molecule has 0 saturated carbocycles. The quantitative estimate of drug-likeness (QED) is 0.762. The molecule has 0 radical (unpaired) electrons. The topological polar surface area (TPSA) is 41.0 Å². The Kier molecular flexibility index (Phi) is 3.83. The Morgan fingerprint density at radius 1 is 1.36 bits per heavy atom. The summed E-state index contributed by atoms with van der Waals surface area (Å²) < 4.78 is 0. The van der Waals surface area contributed by atoms with Gasteiger partial charge in [-0.15, -0.1) is 0 Å². The van der Waals surface area contributed by atoms with Crippen molar-refractivity contribution in [2.75, 3.05) is 32.6 Å². The normalized spacial score (nSPS) is 10.3. The van der Waals surface area contributed by atoms with Crippen molar-refractivity contribution in [2.45, 2.75) is 13.3 Å². The number of nitrogens with zero attached hydrogens (tertiary/aromatic N) is 3. The fraction of sp³-hybridized carbons (Fsp3) is 0.600. The highest BCUT2D eigenvalue weighted by Crippen LogP contribution is 2.09. The SMILES string of the molecule is CNCCc1cc(N(C)C)nc(C)n1. The van der Waals surface area contributed by atoms with E-state index in [0.717, 1.165) is 30.3 Å². The molecule has 0 aliphatic heterocycles. The third kappa shape index (κ3) is 2.96. The molecule has 0 spiro atoms. The van der Waals surface area contributed by atoms with Crippen LogP contribution in [-0.2, 0) is 6.42 Å². The van der Waals surface area contributed by atoms with Gasteiger partial charge in [0, 0.05) is 38.8 Å². The van der Waals surface area contributed by atoms with Crippen molar-refractivity contribution < 1.29 is 0 Å². The van der Waals surface area contributed by atoms with Gasteiger partial charge in [0.2, 0.25) is 0 Å². The summed E-state index contributed by atoms with van der Waals surface area (Å²) in [6.07, 6.45) is 0.945. The van der Waals surface area contributed by atoms with Crippen LogP contribution in [0.15, 0.2) is 6.07 Å². The fourth-order valence-electron chi connectivity index (χ4n) is 1.22. The van der Waals surface area contributed by atoms with E-state index in [0.29, 0.717) is 0 Å². The predicted octanol–water partition coefficient (Wildman–Crippen LogP) is 0.613. The van der Waals surface area contributed by atoms with Gasteiger partial charge < -0.3 is 10.2 Å². The lowest BCUT2D eigenvalue weighted by molar-refractivity contribution is 0.768. The number of anilines is 1. The Bertz CT molecular complexity index is 296. The molecule has 1 aromatic rings. The van der Waals surface area contributed by atoms with E-state index in [9.17, 15) is 0 Å². The molecular weight excluding hydrogens is 176 g/mol. The lowest BCUT2D eigenvalue weighted by Crippen LogP contribution is -2.15. The maximum Gasteiger partial charge on any atom is 0.131 e. The molecule has 14 heavy (non-hydrogen) atoms. The van der Waals surface area contributed by atoms with Gasteiger partial charge in [-0.1, -0.05) is 0 Å². The molecule has 0 amide bonds. The molecule has 78 valence electrons. The third-order valence-electron chi connectivity index (χ3n) is 1.97. The number of aromatic nitrogens is 2. The summed E-state index contributed by atoms with van der Waals surface area (Å²) in [5.41, 5.74) is 1.09. The second-order valence-electron chi connectivity index (χ2n) is 3.51.